The second-order valence-electron chi connectivity index (χ2n) is 3.07. The minimum atomic E-state index is -1.19. The van der Waals surface area contributed by atoms with Crippen LogP contribution in [0.25, 0.3) is 0 Å². The van der Waals surface area contributed by atoms with Crippen molar-refractivity contribution in [3.05, 3.63) is 12.2 Å². The number of ketones is 1. The van der Waals surface area contributed by atoms with Crippen LogP contribution in [-0.2, 0) is 4.79 Å². The molecule has 2 N–H and O–H groups in total. The maximum atomic E-state index is 10.4. The van der Waals surface area contributed by atoms with Gasteiger partial charge < -0.3 is 10.2 Å². The lowest BCUT2D eigenvalue weighted by Crippen LogP contribution is -2.34. The van der Waals surface area contributed by atoms with Crippen molar-refractivity contribution in [2.75, 3.05) is 0 Å². The van der Waals surface area contributed by atoms with Crippen molar-refractivity contribution in [2.24, 2.45) is 0 Å². The van der Waals surface area contributed by atoms with E-state index in [9.17, 15) is 9.90 Å². The van der Waals surface area contributed by atoms with E-state index in [0.29, 0.717) is 0 Å². The molecule has 0 bridgehead atoms. The number of hydrogen-bond donors (Lipinski definition) is 2. The second-order valence-corrected chi connectivity index (χ2v) is 3.07. The molecular weight excluding hydrogens is 144 g/mol. The van der Waals surface area contributed by atoms with Gasteiger partial charge in [-0.2, -0.15) is 0 Å². The van der Waals surface area contributed by atoms with Crippen LogP contribution in [0.4, 0.5) is 0 Å². The van der Waals surface area contributed by atoms with Crippen LogP contribution >= 0.6 is 0 Å². The molecule has 3 nitrogen and oxygen atoms in total. The molecule has 0 saturated carbocycles. The Morgan fingerprint density at radius 1 is 1.55 bits per heavy atom. The third kappa shape index (κ3) is 4.70. The van der Waals surface area contributed by atoms with Gasteiger partial charge in [-0.25, -0.2) is 0 Å². The van der Waals surface area contributed by atoms with E-state index in [1.54, 1.807) is 0 Å². The van der Waals surface area contributed by atoms with Crippen LogP contribution in [0.1, 0.15) is 20.8 Å². The number of aliphatic hydroxyl groups is 2. The van der Waals surface area contributed by atoms with Crippen LogP contribution in [0.2, 0.25) is 0 Å². The molecule has 1 unspecified atom stereocenters. The number of rotatable bonds is 3. The van der Waals surface area contributed by atoms with Gasteiger partial charge in [-0.15, -0.1) is 0 Å². The highest BCUT2D eigenvalue weighted by Crippen LogP contribution is 2.08. The minimum absolute atomic E-state index is 0.145. The summed E-state index contributed by atoms with van der Waals surface area (Å²) in [4.78, 5) is 10.4. The van der Waals surface area contributed by atoms with Gasteiger partial charge in [0.2, 0.25) is 0 Å². The lowest BCUT2D eigenvalue weighted by molar-refractivity contribution is -0.112. The summed E-state index contributed by atoms with van der Waals surface area (Å²) < 4.78 is 0. The van der Waals surface area contributed by atoms with Crippen molar-refractivity contribution in [3.8, 4) is 0 Å². The maximum Gasteiger partial charge on any atom is 0.152 e. The molecule has 0 fully saturated rings. The summed E-state index contributed by atoms with van der Waals surface area (Å²) in [6, 6.07) is 0. The Kier molecular flexibility index (Phi) is 3.42. The van der Waals surface area contributed by atoms with E-state index in [4.69, 9.17) is 5.11 Å². The van der Waals surface area contributed by atoms with Gasteiger partial charge in [-0.3, -0.25) is 4.79 Å². The Morgan fingerprint density at radius 2 is 2.00 bits per heavy atom. The standard InChI is InChI=1S/C8H14O3/c1-6(9)4-5-7(10)8(2,3)11/h4-5,7,10-11H,1-3H3. The van der Waals surface area contributed by atoms with E-state index in [2.05, 4.69) is 0 Å². The van der Waals surface area contributed by atoms with Crippen molar-refractivity contribution >= 4 is 5.78 Å². The zero-order valence-corrected chi connectivity index (χ0v) is 7.03. The van der Waals surface area contributed by atoms with Crippen LogP contribution in [0, 0.1) is 0 Å². The molecule has 0 heterocycles. The van der Waals surface area contributed by atoms with E-state index in [-0.39, 0.29) is 5.78 Å². The summed E-state index contributed by atoms with van der Waals surface area (Å²) in [6.07, 6.45) is 1.52. The van der Waals surface area contributed by atoms with Crippen molar-refractivity contribution in [3.63, 3.8) is 0 Å². The summed E-state index contributed by atoms with van der Waals surface area (Å²) in [7, 11) is 0. The first-order valence-corrected chi connectivity index (χ1v) is 3.43. The predicted molar refractivity (Wildman–Crippen MR) is 42.1 cm³/mol. The van der Waals surface area contributed by atoms with Gasteiger partial charge in [-0.1, -0.05) is 0 Å². The number of allylic oxidation sites excluding steroid dienone is 1. The summed E-state index contributed by atoms with van der Waals surface area (Å²) in [6.45, 7) is 4.33. The molecule has 0 saturated heterocycles. The maximum absolute atomic E-state index is 10.4. The molecule has 3 heteroatoms. The van der Waals surface area contributed by atoms with Crippen molar-refractivity contribution in [1.29, 1.82) is 0 Å². The lowest BCUT2D eigenvalue weighted by atomic mass is 10.0. The zero-order valence-electron chi connectivity index (χ0n) is 7.03. The fraction of sp³-hybridized carbons (Fsp3) is 0.625. The van der Waals surface area contributed by atoms with Crippen LogP contribution in [0.5, 0.6) is 0 Å². The van der Waals surface area contributed by atoms with Gasteiger partial charge in [0.25, 0.3) is 0 Å². The van der Waals surface area contributed by atoms with E-state index in [0.717, 1.165) is 0 Å². The van der Waals surface area contributed by atoms with Crippen molar-refractivity contribution < 1.29 is 15.0 Å². The SMILES string of the molecule is CC(=O)C=CC(O)C(C)(C)O. The Balaban J connectivity index is 4.07. The Morgan fingerprint density at radius 3 is 2.27 bits per heavy atom. The summed E-state index contributed by atoms with van der Waals surface area (Å²) in [5.41, 5.74) is -1.19. The second kappa shape index (κ2) is 3.64. The fourth-order valence-corrected chi connectivity index (χ4v) is 0.462. The van der Waals surface area contributed by atoms with E-state index in [1.807, 2.05) is 0 Å². The van der Waals surface area contributed by atoms with Gasteiger partial charge in [0.05, 0.1) is 5.60 Å². The lowest BCUT2D eigenvalue weighted by Gasteiger charge is -2.20. The molecule has 64 valence electrons. The zero-order chi connectivity index (χ0) is 9.07. The van der Waals surface area contributed by atoms with Crippen molar-refractivity contribution in [1.82, 2.24) is 0 Å². The quantitative estimate of drug-likeness (QED) is 0.579. The van der Waals surface area contributed by atoms with Crippen LogP contribution in [-0.4, -0.2) is 27.7 Å². The molecule has 0 aliphatic rings. The molecule has 0 aromatic carbocycles. The molecule has 0 aliphatic carbocycles. The molecule has 0 radical (unpaired) electrons. The molecular formula is C8H14O3. The molecule has 0 aliphatic heterocycles. The highest BCUT2D eigenvalue weighted by molar-refractivity contribution is 5.87. The molecule has 0 amide bonds. The average molecular weight is 158 g/mol. The number of carbonyl (C=O) groups excluding carboxylic acids is 1. The first-order chi connectivity index (χ1) is 4.84. The van der Waals surface area contributed by atoms with Gasteiger partial charge in [0.15, 0.2) is 5.78 Å². The number of carbonyl (C=O) groups is 1. The average Bonchev–Trinajstić information content (AvgIpc) is 1.80. The molecule has 0 rings (SSSR count). The molecule has 0 aromatic rings. The molecule has 11 heavy (non-hydrogen) atoms. The third-order valence-corrected chi connectivity index (χ3v) is 1.24. The Hall–Kier alpha value is -0.670. The van der Waals surface area contributed by atoms with Gasteiger partial charge in [0, 0.05) is 0 Å². The highest BCUT2D eigenvalue weighted by Gasteiger charge is 2.21. The number of hydrogen-bond acceptors (Lipinski definition) is 3. The number of aliphatic hydroxyl groups excluding tert-OH is 1. The monoisotopic (exact) mass is 158 g/mol. The highest BCUT2D eigenvalue weighted by atomic mass is 16.3. The van der Waals surface area contributed by atoms with Gasteiger partial charge >= 0.3 is 0 Å². The van der Waals surface area contributed by atoms with E-state index in [1.165, 1.54) is 32.9 Å². The van der Waals surface area contributed by atoms with E-state index >= 15 is 0 Å². The smallest absolute Gasteiger partial charge is 0.152 e. The van der Waals surface area contributed by atoms with Crippen LogP contribution < -0.4 is 0 Å². The van der Waals surface area contributed by atoms with E-state index < -0.39 is 11.7 Å². The van der Waals surface area contributed by atoms with Crippen molar-refractivity contribution in [2.45, 2.75) is 32.5 Å². The largest absolute Gasteiger partial charge is 0.387 e. The third-order valence-electron chi connectivity index (χ3n) is 1.24. The normalized spacial score (nSPS) is 15.4. The Bertz CT molecular complexity index is 165. The molecule has 0 spiro atoms. The Labute approximate surface area is 66.4 Å². The summed E-state index contributed by atoms with van der Waals surface area (Å²) in [5, 5.41) is 18.3. The van der Waals surface area contributed by atoms with Crippen LogP contribution in [0.15, 0.2) is 12.2 Å². The first-order valence-electron chi connectivity index (χ1n) is 3.43. The first kappa shape index (κ1) is 10.3. The molecule has 0 aromatic heterocycles. The summed E-state index contributed by atoms with van der Waals surface area (Å²) in [5.74, 6) is -0.145. The minimum Gasteiger partial charge on any atom is -0.387 e. The molecule has 1 atom stereocenters. The van der Waals surface area contributed by atoms with Crippen LogP contribution in [0.3, 0.4) is 0 Å². The fourth-order valence-electron chi connectivity index (χ4n) is 0.462. The van der Waals surface area contributed by atoms with Gasteiger partial charge in [0.1, 0.15) is 6.10 Å². The summed E-state index contributed by atoms with van der Waals surface area (Å²) >= 11 is 0. The van der Waals surface area contributed by atoms with Gasteiger partial charge in [-0.05, 0) is 32.9 Å². The predicted octanol–water partition coefficient (Wildman–Crippen LogP) is 0.263. The topological polar surface area (TPSA) is 57.5 Å².